The minimum absolute atomic E-state index is 0.358. The minimum Gasteiger partial charge on any atom is -0.350 e. The smallest absolute Gasteiger partial charge is 0.243 e. The maximum atomic E-state index is 12.7. The fourth-order valence-corrected chi connectivity index (χ4v) is 4.85. The summed E-state index contributed by atoms with van der Waals surface area (Å²) in [5.74, 6) is 0. The van der Waals surface area contributed by atoms with Crippen LogP contribution in [-0.2, 0) is 17.1 Å². The second-order valence-electron chi connectivity index (χ2n) is 6.33. The van der Waals surface area contributed by atoms with Crippen LogP contribution in [-0.4, -0.2) is 30.4 Å². The summed E-state index contributed by atoms with van der Waals surface area (Å²) in [5.41, 5.74) is 3.61. The Labute approximate surface area is 148 Å². The average Bonchev–Trinajstić information content (AvgIpc) is 3.00. The van der Waals surface area contributed by atoms with Gasteiger partial charge in [-0.1, -0.05) is 42.5 Å². The summed E-state index contributed by atoms with van der Waals surface area (Å²) in [5, 5.41) is 1.22. The van der Waals surface area contributed by atoms with Gasteiger partial charge in [-0.15, -0.1) is 0 Å². The molecule has 0 bridgehead atoms. The predicted octanol–water partition coefficient (Wildman–Crippen LogP) is 3.66. The molecule has 1 aliphatic heterocycles. The summed E-state index contributed by atoms with van der Waals surface area (Å²) in [4.78, 5) is 0.358. The van der Waals surface area contributed by atoms with Crippen LogP contribution >= 0.6 is 0 Å². The van der Waals surface area contributed by atoms with Crippen molar-refractivity contribution in [2.75, 3.05) is 13.1 Å². The van der Waals surface area contributed by atoms with Crippen LogP contribution in [0.3, 0.4) is 0 Å². The fraction of sp³-hybridized carbons (Fsp3) is 0.200. The van der Waals surface area contributed by atoms with Gasteiger partial charge in [0, 0.05) is 42.8 Å². The van der Waals surface area contributed by atoms with E-state index in [0.717, 1.165) is 6.42 Å². The van der Waals surface area contributed by atoms with Crippen LogP contribution in [0.25, 0.3) is 16.5 Å². The first-order valence-corrected chi connectivity index (χ1v) is 9.80. The van der Waals surface area contributed by atoms with Gasteiger partial charge in [0.25, 0.3) is 0 Å². The molecule has 1 aliphatic rings. The molecule has 25 heavy (non-hydrogen) atoms. The predicted molar refractivity (Wildman–Crippen MR) is 101 cm³/mol. The largest absolute Gasteiger partial charge is 0.350 e. The molecule has 0 N–H and O–H groups in total. The van der Waals surface area contributed by atoms with Crippen molar-refractivity contribution in [3.8, 4) is 0 Å². The van der Waals surface area contributed by atoms with E-state index >= 15 is 0 Å². The third-order valence-electron chi connectivity index (χ3n) is 4.80. The highest BCUT2D eigenvalue weighted by Crippen LogP contribution is 2.31. The number of para-hydroxylation sites is 1. The van der Waals surface area contributed by atoms with E-state index in [0.29, 0.717) is 18.0 Å². The van der Waals surface area contributed by atoms with Crippen molar-refractivity contribution in [1.29, 1.82) is 0 Å². The molecule has 3 aromatic rings. The molecule has 1 aromatic heterocycles. The molecule has 0 spiro atoms. The summed E-state index contributed by atoms with van der Waals surface area (Å²) < 4.78 is 29.2. The average molecular weight is 352 g/mol. The van der Waals surface area contributed by atoms with E-state index in [1.165, 1.54) is 22.0 Å². The lowest BCUT2D eigenvalue weighted by Gasteiger charge is -2.25. The SMILES string of the molecule is Cn1cc(C2=CCN(S(=O)(=O)c3ccccc3)CC2)c2ccccc21. The Kier molecular flexibility index (Phi) is 3.98. The van der Waals surface area contributed by atoms with E-state index in [-0.39, 0.29) is 0 Å². The van der Waals surface area contributed by atoms with Crippen LogP contribution in [0.5, 0.6) is 0 Å². The molecule has 0 fully saturated rings. The van der Waals surface area contributed by atoms with Crippen molar-refractivity contribution in [2.24, 2.45) is 7.05 Å². The second kappa shape index (κ2) is 6.17. The third kappa shape index (κ3) is 2.79. The molecule has 0 saturated carbocycles. The zero-order chi connectivity index (χ0) is 17.4. The Morgan fingerprint density at radius 1 is 0.960 bits per heavy atom. The van der Waals surface area contributed by atoms with E-state index in [4.69, 9.17) is 0 Å². The lowest BCUT2D eigenvalue weighted by atomic mass is 10.00. The van der Waals surface area contributed by atoms with Crippen molar-refractivity contribution < 1.29 is 8.42 Å². The Morgan fingerprint density at radius 3 is 2.40 bits per heavy atom. The number of aromatic nitrogens is 1. The molecular weight excluding hydrogens is 332 g/mol. The van der Waals surface area contributed by atoms with Gasteiger partial charge >= 0.3 is 0 Å². The molecule has 4 nitrogen and oxygen atoms in total. The second-order valence-corrected chi connectivity index (χ2v) is 8.26. The topological polar surface area (TPSA) is 42.3 Å². The van der Waals surface area contributed by atoms with Crippen molar-refractivity contribution in [3.05, 3.63) is 72.4 Å². The van der Waals surface area contributed by atoms with Crippen molar-refractivity contribution in [3.63, 3.8) is 0 Å². The molecule has 0 aliphatic carbocycles. The highest BCUT2D eigenvalue weighted by Gasteiger charge is 2.26. The Morgan fingerprint density at radius 2 is 1.68 bits per heavy atom. The van der Waals surface area contributed by atoms with Gasteiger partial charge in [0.1, 0.15) is 0 Å². The van der Waals surface area contributed by atoms with Gasteiger partial charge in [0.2, 0.25) is 10.0 Å². The van der Waals surface area contributed by atoms with Crippen LogP contribution in [0.15, 0.2) is 71.8 Å². The number of aryl methyl sites for hydroxylation is 1. The Bertz CT molecular complexity index is 1050. The quantitative estimate of drug-likeness (QED) is 0.722. The Balaban J connectivity index is 1.64. The van der Waals surface area contributed by atoms with Gasteiger partial charge < -0.3 is 4.57 Å². The van der Waals surface area contributed by atoms with E-state index in [2.05, 4.69) is 22.9 Å². The molecule has 2 heterocycles. The van der Waals surface area contributed by atoms with Gasteiger partial charge in [-0.2, -0.15) is 4.31 Å². The number of nitrogens with zero attached hydrogens (tertiary/aromatic N) is 2. The van der Waals surface area contributed by atoms with E-state index in [1.54, 1.807) is 28.6 Å². The molecule has 128 valence electrons. The number of hydrogen-bond acceptors (Lipinski definition) is 2. The first kappa shape index (κ1) is 16.1. The summed E-state index contributed by atoms with van der Waals surface area (Å²) in [7, 11) is -1.38. The molecular formula is C20H20N2O2S. The number of hydrogen-bond donors (Lipinski definition) is 0. The summed E-state index contributed by atoms with van der Waals surface area (Å²) >= 11 is 0. The maximum absolute atomic E-state index is 12.7. The Hall–Kier alpha value is -2.37. The summed E-state index contributed by atoms with van der Waals surface area (Å²) in [6.45, 7) is 0.919. The van der Waals surface area contributed by atoms with Crippen molar-refractivity contribution in [2.45, 2.75) is 11.3 Å². The molecule has 0 amide bonds. The van der Waals surface area contributed by atoms with E-state index in [9.17, 15) is 8.42 Å². The highest BCUT2D eigenvalue weighted by molar-refractivity contribution is 7.89. The van der Waals surface area contributed by atoms with Crippen LogP contribution in [0.1, 0.15) is 12.0 Å². The van der Waals surface area contributed by atoms with Crippen molar-refractivity contribution in [1.82, 2.24) is 8.87 Å². The molecule has 0 saturated heterocycles. The van der Waals surface area contributed by atoms with Gasteiger partial charge in [-0.3, -0.25) is 0 Å². The van der Waals surface area contributed by atoms with Gasteiger partial charge in [0.05, 0.1) is 4.90 Å². The first-order valence-electron chi connectivity index (χ1n) is 8.36. The molecule has 2 aromatic carbocycles. The first-order chi connectivity index (χ1) is 12.1. The normalized spacial score (nSPS) is 16.1. The van der Waals surface area contributed by atoms with Crippen LogP contribution in [0, 0.1) is 0 Å². The summed E-state index contributed by atoms with van der Waals surface area (Å²) in [6, 6.07) is 17.0. The number of sulfonamides is 1. The standard InChI is InChI=1S/C20H20N2O2S/c1-21-15-19(18-9-5-6-10-20(18)21)16-11-13-22(14-12-16)25(23,24)17-7-3-2-4-8-17/h2-11,15H,12-14H2,1H3. The van der Waals surface area contributed by atoms with Gasteiger partial charge in [0.15, 0.2) is 0 Å². The van der Waals surface area contributed by atoms with E-state index < -0.39 is 10.0 Å². The van der Waals surface area contributed by atoms with Gasteiger partial charge in [-0.25, -0.2) is 8.42 Å². The van der Waals surface area contributed by atoms with Crippen LogP contribution in [0.2, 0.25) is 0 Å². The molecule has 5 heteroatoms. The fourth-order valence-electron chi connectivity index (χ4n) is 3.45. The molecule has 0 radical (unpaired) electrons. The number of rotatable bonds is 3. The van der Waals surface area contributed by atoms with E-state index in [1.807, 2.05) is 31.3 Å². The zero-order valence-corrected chi connectivity index (χ0v) is 14.9. The molecule has 0 unspecified atom stereocenters. The maximum Gasteiger partial charge on any atom is 0.243 e. The third-order valence-corrected chi connectivity index (χ3v) is 6.68. The van der Waals surface area contributed by atoms with Gasteiger partial charge in [-0.05, 0) is 30.2 Å². The highest BCUT2D eigenvalue weighted by atomic mass is 32.2. The number of benzene rings is 2. The minimum atomic E-state index is -3.42. The molecule has 4 rings (SSSR count). The van der Waals surface area contributed by atoms with Crippen LogP contribution < -0.4 is 0 Å². The summed E-state index contributed by atoms with van der Waals surface area (Å²) in [6.07, 6.45) is 4.91. The van der Waals surface area contributed by atoms with Crippen molar-refractivity contribution >= 4 is 26.5 Å². The molecule has 0 atom stereocenters. The zero-order valence-electron chi connectivity index (χ0n) is 14.1. The lowest BCUT2D eigenvalue weighted by Crippen LogP contribution is -2.34. The van der Waals surface area contributed by atoms with Crippen LogP contribution in [0.4, 0.5) is 0 Å². The monoisotopic (exact) mass is 352 g/mol. The number of fused-ring (bicyclic) bond motifs is 1. The lowest BCUT2D eigenvalue weighted by molar-refractivity contribution is 0.441.